The second-order valence-electron chi connectivity index (χ2n) is 2.42. The summed E-state index contributed by atoms with van der Waals surface area (Å²) in [7, 11) is 0. The summed E-state index contributed by atoms with van der Waals surface area (Å²) in [4.78, 5) is 0. The molecular weight excluding hydrogens is 146 g/mol. The maximum Gasteiger partial charge on any atom is 0.123 e. The monoisotopic (exact) mass is 156 g/mol. The van der Waals surface area contributed by atoms with Gasteiger partial charge in [-0.3, -0.25) is 4.39 Å². The second-order valence-corrected chi connectivity index (χ2v) is 2.42. The maximum absolute atomic E-state index is 12.3. The minimum Gasteiger partial charge on any atom is -0.251 e. The fraction of sp³-hybridized carbons (Fsp3) is 0.333. The Hall–Kier alpha value is -0.920. The predicted molar refractivity (Wildman–Crippen MR) is 40.7 cm³/mol. The normalized spacial score (nSPS) is 10.0. The molecule has 11 heavy (non-hydrogen) atoms. The van der Waals surface area contributed by atoms with E-state index in [0.29, 0.717) is 12.8 Å². The van der Waals surface area contributed by atoms with Gasteiger partial charge in [0.05, 0.1) is 6.67 Å². The molecule has 0 saturated carbocycles. The minimum atomic E-state index is -0.308. The average Bonchev–Trinajstić information content (AvgIpc) is 2.04. The van der Waals surface area contributed by atoms with Crippen LogP contribution in [0.5, 0.6) is 0 Å². The molecule has 0 aliphatic rings. The van der Waals surface area contributed by atoms with E-state index in [2.05, 4.69) is 0 Å². The lowest BCUT2D eigenvalue weighted by Gasteiger charge is -1.96. The molecule has 0 saturated heterocycles. The Morgan fingerprint density at radius 3 is 2.27 bits per heavy atom. The molecule has 0 nitrogen and oxygen atoms in total. The van der Waals surface area contributed by atoms with Gasteiger partial charge in [-0.15, -0.1) is 0 Å². The van der Waals surface area contributed by atoms with Crippen LogP contribution >= 0.6 is 0 Å². The van der Waals surface area contributed by atoms with Crippen LogP contribution in [0.15, 0.2) is 24.3 Å². The summed E-state index contributed by atoms with van der Waals surface area (Å²) < 4.78 is 24.0. The van der Waals surface area contributed by atoms with Gasteiger partial charge >= 0.3 is 0 Å². The van der Waals surface area contributed by atoms with Crippen molar-refractivity contribution in [2.24, 2.45) is 0 Å². The van der Waals surface area contributed by atoms with Gasteiger partial charge in [-0.25, -0.2) is 4.39 Å². The van der Waals surface area contributed by atoms with Gasteiger partial charge in [0.1, 0.15) is 5.82 Å². The molecule has 0 aliphatic carbocycles. The van der Waals surface area contributed by atoms with Crippen molar-refractivity contribution < 1.29 is 8.78 Å². The minimum absolute atomic E-state index is 0.242. The first-order chi connectivity index (χ1) is 5.33. The molecule has 1 aromatic rings. The van der Waals surface area contributed by atoms with Crippen LogP contribution in [0.3, 0.4) is 0 Å². The number of aryl methyl sites for hydroxylation is 1. The van der Waals surface area contributed by atoms with E-state index in [1.165, 1.54) is 12.1 Å². The number of benzene rings is 1. The van der Waals surface area contributed by atoms with Crippen molar-refractivity contribution in [2.75, 3.05) is 6.67 Å². The lowest BCUT2D eigenvalue weighted by Crippen LogP contribution is -1.86. The van der Waals surface area contributed by atoms with Crippen LogP contribution in [-0.2, 0) is 6.42 Å². The summed E-state index contributed by atoms with van der Waals surface area (Å²) in [5.41, 5.74) is 0.990. The van der Waals surface area contributed by atoms with Gasteiger partial charge in [0, 0.05) is 0 Å². The molecule has 0 amide bonds. The summed E-state index contributed by atoms with van der Waals surface area (Å²) >= 11 is 0. The molecule has 2 heteroatoms. The fourth-order valence-electron chi connectivity index (χ4n) is 0.922. The Morgan fingerprint density at radius 1 is 1.09 bits per heavy atom. The highest BCUT2D eigenvalue weighted by Crippen LogP contribution is 2.05. The van der Waals surface area contributed by atoms with E-state index < -0.39 is 0 Å². The third-order valence-electron chi connectivity index (χ3n) is 1.51. The van der Waals surface area contributed by atoms with Crippen molar-refractivity contribution in [3.8, 4) is 0 Å². The quantitative estimate of drug-likeness (QED) is 0.631. The molecule has 60 valence electrons. The van der Waals surface area contributed by atoms with Crippen molar-refractivity contribution >= 4 is 0 Å². The summed E-state index contributed by atoms with van der Waals surface area (Å²) in [5.74, 6) is -0.242. The van der Waals surface area contributed by atoms with Crippen LogP contribution in [0.4, 0.5) is 8.78 Å². The van der Waals surface area contributed by atoms with Gasteiger partial charge in [-0.05, 0) is 30.5 Å². The van der Waals surface area contributed by atoms with Crippen LogP contribution in [-0.4, -0.2) is 6.67 Å². The molecule has 0 fully saturated rings. The molecule has 0 spiro atoms. The number of halogens is 2. The van der Waals surface area contributed by atoms with E-state index in [-0.39, 0.29) is 12.5 Å². The van der Waals surface area contributed by atoms with Crippen molar-refractivity contribution in [3.63, 3.8) is 0 Å². The molecule has 0 bridgehead atoms. The highest BCUT2D eigenvalue weighted by Gasteiger charge is 1.92. The van der Waals surface area contributed by atoms with E-state index in [9.17, 15) is 8.78 Å². The first-order valence-corrected chi connectivity index (χ1v) is 3.63. The Kier molecular flexibility index (Phi) is 3.02. The Bertz CT molecular complexity index is 203. The zero-order valence-corrected chi connectivity index (χ0v) is 6.19. The summed E-state index contributed by atoms with van der Waals surface area (Å²) in [6.45, 7) is -0.308. The Labute approximate surface area is 64.9 Å². The molecular formula is C9H10F2. The Balaban J connectivity index is 2.52. The summed E-state index contributed by atoms with van der Waals surface area (Å²) in [5, 5.41) is 0. The van der Waals surface area contributed by atoms with Gasteiger partial charge < -0.3 is 0 Å². The zero-order chi connectivity index (χ0) is 8.10. The summed E-state index contributed by atoms with van der Waals surface area (Å²) in [6.07, 6.45) is 1.21. The number of hydrogen-bond acceptors (Lipinski definition) is 0. The van der Waals surface area contributed by atoms with Crippen LogP contribution in [0.25, 0.3) is 0 Å². The molecule has 0 heterocycles. The van der Waals surface area contributed by atoms with Crippen molar-refractivity contribution in [3.05, 3.63) is 35.6 Å². The maximum atomic E-state index is 12.3. The smallest absolute Gasteiger partial charge is 0.123 e. The third-order valence-corrected chi connectivity index (χ3v) is 1.51. The van der Waals surface area contributed by atoms with Crippen molar-refractivity contribution in [2.45, 2.75) is 12.8 Å². The van der Waals surface area contributed by atoms with Crippen LogP contribution in [0.1, 0.15) is 12.0 Å². The average molecular weight is 156 g/mol. The largest absolute Gasteiger partial charge is 0.251 e. The molecule has 1 aromatic carbocycles. The summed E-state index contributed by atoms with van der Waals surface area (Å²) in [6, 6.07) is 6.16. The van der Waals surface area contributed by atoms with Gasteiger partial charge in [-0.2, -0.15) is 0 Å². The van der Waals surface area contributed by atoms with E-state index in [4.69, 9.17) is 0 Å². The standard InChI is InChI=1S/C9H10F2/c10-7-1-2-8-3-5-9(11)6-4-8/h3-6H,1-2,7H2. The van der Waals surface area contributed by atoms with Gasteiger partial charge in [0.15, 0.2) is 0 Å². The molecule has 0 N–H and O–H groups in total. The lowest BCUT2D eigenvalue weighted by atomic mass is 10.1. The van der Waals surface area contributed by atoms with E-state index in [1.807, 2.05) is 0 Å². The first kappa shape index (κ1) is 8.18. The third kappa shape index (κ3) is 2.66. The van der Waals surface area contributed by atoms with Crippen LogP contribution < -0.4 is 0 Å². The SMILES string of the molecule is FCCCc1ccc(F)cc1. The highest BCUT2D eigenvalue weighted by atomic mass is 19.1. The van der Waals surface area contributed by atoms with Crippen LogP contribution in [0.2, 0.25) is 0 Å². The Morgan fingerprint density at radius 2 is 1.73 bits per heavy atom. The molecule has 0 unspecified atom stereocenters. The van der Waals surface area contributed by atoms with E-state index in [1.54, 1.807) is 12.1 Å². The lowest BCUT2D eigenvalue weighted by molar-refractivity contribution is 0.473. The first-order valence-electron chi connectivity index (χ1n) is 3.63. The molecule has 0 radical (unpaired) electrons. The molecule has 0 atom stereocenters. The van der Waals surface area contributed by atoms with Crippen molar-refractivity contribution in [1.82, 2.24) is 0 Å². The number of alkyl halides is 1. The fourth-order valence-corrected chi connectivity index (χ4v) is 0.922. The molecule has 0 aliphatic heterocycles. The topological polar surface area (TPSA) is 0 Å². The highest BCUT2D eigenvalue weighted by molar-refractivity contribution is 5.15. The van der Waals surface area contributed by atoms with Gasteiger partial charge in [0.2, 0.25) is 0 Å². The number of rotatable bonds is 3. The molecule has 0 aromatic heterocycles. The van der Waals surface area contributed by atoms with Crippen LogP contribution in [0, 0.1) is 5.82 Å². The van der Waals surface area contributed by atoms with Gasteiger partial charge in [0.25, 0.3) is 0 Å². The predicted octanol–water partition coefficient (Wildman–Crippen LogP) is 2.73. The van der Waals surface area contributed by atoms with E-state index >= 15 is 0 Å². The van der Waals surface area contributed by atoms with Gasteiger partial charge in [-0.1, -0.05) is 12.1 Å². The zero-order valence-electron chi connectivity index (χ0n) is 6.19. The van der Waals surface area contributed by atoms with Crippen molar-refractivity contribution in [1.29, 1.82) is 0 Å². The van der Waals surface area contributed by atoms with E-state index in [0.717, 1.165) is 5.56 Å². The second kappa shape index (κ2) is 4.06. The molecule has 1 rings (SSSR count). The number of hydrogen-bond donors (Lipinski definition) is 0.